The van der Waals surface area contributed by atoms with Crippen molar-refractivity contribution < 1.29 is 5.11 Å². The zero-order chi connectivity index (χ0) is 14.5. The predicted molar refractivity (Wildman–Crippen MR) is 80.0 cm³/mol. The Labute approximate surface area is 120 Å². The van der Waals surface area contributed by atoms with Crippen molar-refractivity contribution in [3.63, 3.8) is 0 Å². The molecule has 0 aliphatic heterocycles. The summed E-state index contributed by atoms with van der Waals surface area (Å²) in [7, 11) is 0. The van der Waals surface area contributed by atoms with E-state index < -0.39 is 0 Å². The Balaban J connectivity index is 2.30. The fraction of sp³-hybridized carbons (Fsp3) is 0.733. The van der Waals surface area contributed by atoms with Gasteiger partial charge < -0.3 is 14.6 Å². The van der Waals surface area contributed by atoms with Crippen molar-refractivity contribution in [2.24, 2.45) is 5.92 Å². The van der Waals surface area contributed by atoms with Crippen molar-refractivity contribution in [1.82, 2.24) is 9.55 Å². The number of nitrogens with zero attached hydrogens (tertiary/aromatic N) is 3. The first-order valence-electron chi connectivity index (χ1n) is 7.56. The second kappa shape index (κ2) is 6.88. The van der Waals surface area contributed by atoms with Crippen molar-refractivity contribution in [1.29, 1.82) is 0 Å². The second-order valence-electron chi connectivity index (χ2n) is 5.96. The van der Waals surface area contributed by atoms with E-state index in [0.717, 1.165) is 12.8 Å². The molecule has 1 aliphatic rings. The highest BCUT2D eigenvalue weighted by Gasteiger charge is 2.25. The fourth-order valence-corrected chi connectivity index (χ4v) is 2.96. The Morgan fingerprint density at radius 3 is 2.75 bits per heavy atom. The van der Waals surface area contributed by atoms with Crippen LogP contribution in [0, 0.1) is 5.92 Å². The summed E-state index contributed by atoms with van der Waals surface area (Å²) in [6.45, 7) is 5.42. The van der Waals surface area contributed by atoms with Gasteiger partial charge in [0.15, 0.2) is 5.82 Å². The molecule has 0 saturated heterocycles. The van der Waals surface area contributed by atoms with Crippen LogP contribution < -0.4 is 10.5 Å². The van der Waals surface area contributed by atoms with Gasteiger partial charge in [0, 0.05) is 31.5 Å². The number of aromatic nitrogens is 2. The van der Waals surface area contributed by atoms with Gasteiger partial charge in [-0.1, -0.05) is 26.7 Å². The molecule has 1 saturated carbocycles. The third-order valence-corrected chi connectivity index (χ3v) is 3.84. The summed E-state index contributed by atoms with van der Waals surface area (Å²) in [5.74, 6) is 0.912. The number of aliphatic hydroxyl groups excluding tert-OH is 1. The molecule has 1 aromatic rings. The lowest BCUT2D eigenvalue weighted by atomic mass is 10.2. The van der Waals surface area contributed by atoms with Crippen molar-refractivity contribution in [2.75, 3.05) is 18.1 Å². The van der Waals surface area contributed by atoms with Crippen LogP contribution >= 0.6 is 0 Å². The van der Waals surface area contributed by atoms with Gasteiger partial charge in [-0.15, -0.1) is 0 Å². The number of anilines is 1. The van der Waals surface area contributed by atoms with Gasteiger partial charge in [0.25, 0.3) is 5.56 Å². The van der Waals surface area contributed by atoms with Crippen LogP contribution in [0.2, 0.25) is 0 Å². The van der Waals surface area contributed by atoms with Gasteiger partial charge in [-0.25, -0.2) is 4.98 Å². The first-order chi connectivity index (χ1) is 9.63. The quantitative estimate of drug-likeness (QED) is 0.860. The molecule has 2 rings (SSSR count). The molecule has 0 bridgehead atoms. The minimum absolute atomic E-state index is 0.0402. The van der Waals surface area contributed by atoms with Gasteiger partial charge in [-0.05, 0) is 18.8 Å². The normalized spacial score (nSPS) is 16.0. The zero-order valence-corrected chi connectivity index (χ0v) is 12.5. The molecule has 1 heterocycles. The van der Waals surface area contributed by atoms with Crippen LogP contribution in [-0.4, -0.2) is 33.9 Å². The zero-order valence-electron chi connectivity index (χ0n) is 12.5. The third-order valence-electron chi connectivity index (χ3n) is 3.84. The first-order valence-corrected chi connectivity index (χ1v) is 7.56. The molecule has 0 unspecified atom stereocenters. The number of hydrogen-bond donors (Lipinski definition) is 1. The molecule has 1 fully saturated rings. The highest BCUT2D eigenvalue weighted by atomic mass is 16.3. The largest absolute Gasteiger partial charge is 0.395 e. The Bertz CT molecular complexity index is 478. The van der Waals surface area contributed by atoms with Crippen LogP contribution in [0.5, 0.6) is 0 Å². The highest BCUT2D eigenvalue weighted by Crippen LogP contribution is 2.25. The molecule has 112 valence electrons. The summed E-state index contributed by atoms with van der Waals surface area (Å²) in [6.07, 6.45) is 8.00. The van der Waals surface area contributed by atoms with Gasteiger partial charge in [0.05, 0.1) is 6.61 Å². The number of aliphatic hydroxyl groups is 1. The summed E-state index contributed by atoms with van der Waals surface area (Å²) in [6, 6.07) is 0.345. The minimum atomic E-state index is -0.0402. The Morgan fingerprint density at radius 2 is 2.15 bits per heavy atom. The molecule has 1 N–H and O–H groups in total. The van der Waals surface area contributed by atoms with Crippen LogP contribution in [-0.2, 0) is 6.54 Å². The summed E-state index contributed by atoms with van der Waals surface area (Å²) >= 11 is 0. The number of hydrogen-bond acceptors (Lipinski definition) is 4. The summed E-state index contributed by atoms with van der Waals surface area (Å²) in [5.41, 5.74) is -0.0402. The molecular weight excluding hydrogens is 254 g/mol. The van der Waals surface area contributed by atoms with E-state index in [-0.39, 0.29) is 12.2 Å². The average molecular weight is 279 g/mol. The van der Waals surface area contributed by atoms with Crippen molar-refractivity contribution in [3.8, 4) is 0 Å². The standard InChI is InChI=1S/C15H25N3O2/c1-12(2)11-17-8-7-16-14(15(17)20)18(9-10-19)13-5-3-4-6-13/h7-8,12-13,19H,3-6,9-11H2,1-2H3. The van der Waals surface area contributed by atoms with E-state index in [0.29, 0.717) is 30.9 Å². The van der Waals surface area contributed by atoms with Crippen molar-refractivity contribution in [2.45, 2.75) is 52.1 Å². The van der Waals surface area contributed by atoms with E-state index in [4.69, 9.17) is 0 Å². The lowest BCUT2D eigenvalue weighted by Crippen LogP contribution is -2.41. The van der Waals surface area contributed by atoms with Crippen LogP contribution in [0.4, 0.5) is 5.82 Å². The molecule has 0 aromatic carbocycles. The lowest BCUT2D eigenvalue weighted by Gasteiger charge is -2.29. The fourth-order valence-electron chi connectivity index (χ4n) is 2.96. The maximum Gasteiger partial charge on any atom is 0.293 e. The van der Waals surface area contributed by atoms with E-state index >= 15 is 0 Å². The molecule has 0 radical (unpaired) electrons. The van der Waals surface area contributed by atoms with Gasteiger partial charge >= 0.3 is 0 Å². The molecule has 1 aromatic heterocycles. The van der Waals surface area contributed by atoms with Crippen LogP contribution in [0.1, 0.15) is 39.5 Å². The van der Waals surface area contributed by atoms with E-state index in [1.807, 2.05) is 4.90 Å². The van der Waals surface area contributed by atoms with E-state index in [9.17, 15) is 9.90 Å². The van der Waals surface area contributed by atoms with Crippen LogP contribution in [0.25, 0.3) is 0 Å². The first kappa shape index (κ1) is 15.0. The smallest absolute Gasteiger partial charge is 0.293 e. The second-order valence-corrected chi connectivity index (χ2v) is 5.96. The van der Waals surface area contributed by atoms with Crippen molar-refractivity contribution >= 4 is 5.82 Å². The molecular formula is C15H25N3O2. The lowest BCUT2D eigenvalue weighted by molar-refractivity contribution is 0.296. The summed E-state index contributed by atoms with van der Waals surface area (Å²) < 4.78 is 1.73. The Hall–Kier alpha value is -1.36. The van der Waals surface area contributed by atoms with Gasteiger partial charge in [-0.3, -0.25) is 4.79 Å². The topological polar surface area (TPSA) is 58.4 Å². The van der Waals surface area contributed by atoms with E-state index in [1.54, 1.807) is 17.0 Å². The Morgan fingerprint density at radius 1 is 1.45 bits per heavy atom. The average Bonchev–Trinajstić information content (AvgIpc) is 2.92. The third kappa shape index (κ3) is 3.39. The highest BCUT2D eigenvalue weighted by molar-refractivity contribution is 5.37. The summed E-state index contributed by atoms with van der Waals surface area (Å²) in [4.78, 5) is 18.9. The van der Waals surface area contributed by atoms with E-state index in [2.05, 4.69) is 18.8 Å². The summed E-state index contributed by atoms with van der Waals surface area (Å²) in [5, 5.41) is 9.29. The van der Waals surface area contributed by atoms with Gasteiger partial charge in [-0.2, -0.15) is 0 Å². The van der Waals surface area contributed by atoms with Crippen LogP contribution in [0.15, 0.2) is 17.2 Å². The van der Waals surface area contributed by atoms with Gasteiger partial charge in [0.2, 0.25) is 0 Å². The SMILES string of the molecule is CC(C)Cn1ccnc(N(CCO)C2CCCC2)c1=O. The molecule has 20 heavy (non-hydrogen) atoms. The molecule has 5 heteroatoms. The van der Waals surface area contributed by atoms with Gasteiger partial charge in [0.1, 0.15) is 0 Å². The minimum Gasteiger partial charge on any atom is -0.395 e. The molecule has 1 aliphatic carbocycles. The molecule has 5 nitrogen and oxygen atoms in total. The molecule has 0 amide bonds. The molecule has 0 spiro atoms. The Kier molecular flexibility index (Phi) is 5.17. The van der Waals surface area contributed by atoms with Crippen molar-refractivity contribution in [3.05, 3.63) is 22.7 Å². The number of rotatable bonds is 6. The van der Waals surface area contributed by atoms with Crippen LogP contribution in [0.3, 0.4) is 0 Å². The van der Waals surface area contributed by atoms with E-state index in [1.165, 1.54) is 12.8 Å². The maximum absolute atomic E-state index is 12.6. The maximum atomic E-state index is 12.6. The molecule has 0 atom stereocenters. The predicted octanol–water partition coefficient (Wildman–Crippen LogP) is 1.64. The monoisotopic (exact) mass is 279 g/mol.